The summed E-state index contributed by atoms with van der Waals surface area (Å²) in [7, 11) is 0. The van der Waals surface area contributed by atoms with Crippen molar-refractivity contribution in [1.29, 1.82) is 5.26 Å². The number of nitrogens with one attached hydrogen (secondary N) is 2. The fraction of sp³-hybridized carbons (Fsp3) is 0.176. The van der Waals surface area contributed by atoms with Gasteiger partial charge < -0.3 is 10.6 Å². The summed E-state index contributed by atoms with van der Waals surface area (Å²) < 4.78 is 12.9. The molecule has 2 aromatic rings. The van der Waals surface area contributed by atoms with Gasteiger partial charge in [-0.05, 0) is 54.5 Å². The molecule has 2 rings (SSSR count). The first-order chi connectivity index (χ1) is 10.6. The molecule has 3 nitrogen and oxygen atoms in total. The second-order valence-electron chi connectivity index (χ2n) is 4.90. The van der Waals surface area contributed by atoms with Crippen LogP contribution < -0.4 is 10.6 Å². The Bertz CT molecular complexity index is 675. The zero-order valence-electron chi connectivity index (χ0n) is 12.1. The lowest BCUT2D eigenvalue weighted by Crippen LogP contribution is -2.30. The third-order valence-electron chi connectivity index (χ3n) is 3.21. The number of hydrogen-bond acceptors (Lipinski definition) is 2. The summed E-state index contributed by atoms with van der Waals surface area (Å²) >= 11 is 5.27. The molecule has 0 bridgehead atoms. The molecule has 0 aliphatic rings. The van der Waals surface area contributed by atoms with E-state index in [0.29, 0.717) is 11.5 Å². The topological polar surface area (TPSA) is 47.8 Å². The van der Waals surface area contributed by atoms with Crippen molar-refractivity contribution in [2.75, 3.05) is 5.32 Å². The Morgan fingerprint density at radius 2 is 1.82 bits per heavy atom. The molecule has 1 atom stereocenters. The van der Waals surface area contributed by atoms with Crippen LogP contribution in [0.3, 0.4) is 0 Å². The van der Waals surface area contributed by atoms with Crippen LogP contribution in [0.1, 0.15) is 24.1 Å². The largest absolute Gasteiger partial charge is 0.356 e. The number of thiocarbonyl (C=S) groups is 1. The second kappa shape index (κ2) is 7.53. The minimum atomic E-state index is -0.255. The smallest absolute Gasteiger partial charge is 0.171 e. The van der Waals surface area contributed by atoms with E-state index in [0.717, 1.165) is 16.8 Å². The molecule has 0 saturated heterocycles. The highest BCUT2D eigenvalue weighted by Crippen LogP contribution is 2.14. The fourth-order valence-electron chi connectivity index (χ4n) is 2.00. The van der Waals surface area contributed by atoms with Gasteiger partial charge in [0.25, 0.3) is 0 Å². The van der Waals surface area contributed by atoms with Gasteiger partial charge in [-0.25, -0.2) is 4.39 Å². The third-order valence-corrected chi connectivity index (χ3v) is 3.43. The first-order valence-electron chi connectivity index (χ1n) is 6.87. The van der Waals surface area contributed by atoms with Crippen LogP contribution >= 0.6 is 12.2 Å². The molecule has 0 heterocycles. The SMILES string of the molecule is C[C@@H](NC(=S)Nc1ccc(CC#N)cc1)c1ccc(F)cc1. The summed E-state index contributed by atoms with van der Waals surface area (Å²) in [5, 5.41) is 15.4. The molecule has 0 aliphatic heterocycles. The zero-order chi connectivity index (χ0) is 15.9. The molecule has 2 aromatic carbocycles. The van der Waals surface area contributed by atoms with Crippen LogP contribution in [0.2, 0.25) is 0 Å². The first-order valence-corrected chi connectivity index (χ1v) is 7.28. The van der Waals surface area contributed by atoms with Crippen molar-refractivity contribution < 1.29 is 4.39 Å². The minimum absolute atomic E-state index is 0.0292. The van der Waals surface area contributed by atoms with Crippen LogP contribution in [0.4, 0.5) is 10.1 Å². The van der Waals surface area contributed by atoms with Crippen LogP contribution in [0.15, 0.2) is 48.5 Å². The molecule has 0 spiro atoms. The number of benzene rings is 2. The third kappa shape index (κ3) is 4.54. The Labute approximate surface area is 134 Å². The number of nitrogens with zero attached hydrogens (tertiary/aromatic N) is 1. The van der Waals surface area contributed by atoms with E-state index in [2.05, 4.69) is 16.7 Å². The monoisotopic (exact) mass is 313 g/mol. The number of rotatable bonds is 4. The van der Waals surface area contributed by atoms with Gasteiger partial charge >= 0.3 is 0 Å². The maximum atomic E-state index is 12.9. The van der Waals surface area contributed by atoms with Crippen molar-refractivity contribution in [3.63, 3.8) is 0 Å². The Kier molecular flexibility index (Phi) is 5.45. The summed E-state index contributed by atoms with van der Waals surface area (Å²) in [4.78, 5) is 0. The van der Waals surface area contributed by atoms with Gasteiger partial charge in [-0.15, -0.1) is 0 Å². The number of anilines is 1. The van der Waals surface area contributed by atoms with Gasteiger partial charge in [0.1, 0.15) is 5.82 Å². The normalized spacial score (nSPS) is 11.3. The molecule has 0 unspecified atom stereocenters. The van der Waals surface area contributed by atoms with Crippen molar-refractivity contribution in [2.24, 2.45) is 0 Å². The molecule has 0 radical (unpaired) electrons. The Balaban J connectivity index is 1.92. The van der Waals surface area contributed by atoms with Crippen LogP contribution in [-0.2, 0) is 6.42 Å². The van der Waals surface area contributed by atoms with Gasteiger partial charge in [0.05, 0.1) is 18.5 Å². The van der Waals surface area contributed by atoms with E-state index in [1.807, 2.05) is 31.2 Å². The highest BCUT2D eigenvalue weighted by molar-refractivity contribution is 7.80. The van der Waals surface area contributed by atoms with E-state index < -0.39 is 0 Å². The van der Waals surface area contributed by atoms with E-state index in [-0.39, 0.29) is 11.9 Å². The molecular formula is C17H16FN3S. The Morgan fingerprint density at radius 3 is 2.41 bits per heavy atom. The number of hydrogen-bond donors (Lipinski definition) is 2. The van der Waals surface area contributed by atoms with E-state index in [9.17, 15) is 4.39 Å². The summed E-state index contributed by atoms with van der Waals surface area (Å²) in [5.74, 6) is -0.255. The average molecular weight is 313 g/mol. The van der Waals surface area contributed by atoms with E-state index in [1.165, 1.54) is 12.1 Å². The van der Waals surface area contributed by atoms with E-state index in [1.54, 1.807) is 12.1 Å². The van der Waals surface area contributed by atoms with Gasteiger partial charge in [0.15, 0.2) is 5.11 Å². The zero-order valence-corrected chi connectivity index (χ0v) is 13.0. The Hall–Kier alpha value is -2.45. The fourth-order valence-corrected chi connectivity index (χ4v) is 2.29. The van der Waals surface area contributed by atoms with Crippen molar-refractivity contribution in [3.8, 4) is 6.07 Å². The maximum Gasteiger partial charge on any atom is 0.171 e. The van der Waals surface area contributed by atoms with Crippen LogP contribution in [-0.4, -0.2) is 5.11 Å². The standard InChI is InChI=1S/C17H16FN3S/c1-12(14-4-6-15(18)7-5-14)20-17(22)21-16-8-2-13(3-9-16)10-11-19/h2-9,12H,10H2,1H3,(H2,20,21,22)/t12-/m1/s1. The quantitative estimate of drug-likeness (QED) is 0.839. The molecule has 22 heavy (non-hydrogen) atoms. The maximum absolute atomic E-state index is 12.9. The predicted octanol–water partition coefficient (Wildman–Crippen LogP) is 3.94. The van der Waals surface area contributed by atoms with Crippen molar-refractivity contribution in [3.05, 3.63) is 65.5 Å². The van der Waals surface area contributed by atoms with Crippen LogP contribution in [0, 0.1) is 17.1 Å². The van der Waals surface area contributed by atoms with Crippen molar-refractivity contribution in [2.45, 2.75) is 19.4 Å². The molecule has 112 valence electrons. The molecule has 0 saturated carbocycles. The van der Waals surface area contributed by atoms with E-state index >= 15 is 0 Å². The van der Waals surface area contributed by atoms with Crippen molar-refractivity contribution >= 4 is 23.0 Å². The molecule has 2 N–H and O–H groups in total. The van der Waals surface area contributed by atoms with Crippen molar-refractivity contribution in [1.82, 2.24) is 5.32 Å². The molecular weight excluding hydrogens is 297 g/mol. The van der Waals surface area contributed by atoms with Gasteiger partial charge in [-0.1, -0.05) is 24.3 Å². The van der Waals surface area contributed by atoms with Gasteiger partial charge in [-0.2, -0.15) is 5.26 Å². The lowest BCUT2D eigenvalue weighted by Gasteiger charge is -2.17. The second-order valence-corrected chi connectivity index (χ2v) is 5.31. The minimum Gasteiger partial charge on any atom is -0.356 e. The van der Waals surface area contributed by atoms with Gasteiger partial charge in [-0.3, -0.25) is 0 Å². The van der Waals surface area contributed by atoms with Crippen LogP contribution in [0.5, 0.6) is 0 Å². The molecule has 0 aromatic heterocycles. The number of nitriles is 1. The summed E-state index contributed by atoms with van der Waals surface area (Å²) in [5.41, 5.74) is 2.77. The summed E-state index contributed by atoms with van der Waals surface area (Å²) in [6, 6.07) is 15.9. The molecule has 0 aliphatic carbocycles. The molecule has 5 heteroatoms. The highest BCUT2D eigenvalue weighted by Gasteiger charge is 2.07. The first kappa shape index (κ1) is 15.9. The summed E-state index contributed by atoms with van der Waals surface area (Å²) in [6.45, 7) is 1.96. The predicted molar refractivity (Wildman–Crippen MR) is 89.9 cm³/mol. The van der Waals surface area contributed by atoms with Gasteiger partial charge in [0.2, 0.25) is 0 Å². The van der Waals surface area contributed by atoms with E-state index in [4.69, 9.17) is 17.5 Å². The molecule has 0 amide bonds. The van der Waals surface area contributed by atoms with Crippen LogP contribution in [0.25, 0.3) is 0 Å². The Morgan fingerprint density at radius 1 is 1.18 bits per heavy atom. The summed E-state index contributed by atoms with van der Waals surface area (Å²) in [6.07, 6.45) is 0.393. The lowest BCUT2D eigenvalue weighted by molar-refractivity contribution is 0.624. The molecule has 0 fully saturated rings. The lowest BCUT2D eigenvalue weighted by atomic mass is 10.1. The highest BCUT2D eigenvalue weighted by atomic mass is 32.1. The average Bonchev–Trinajstić information content (AvgIpc) is 2.50. The van der Waals surface area contributed by atoms with Gasteiger partial charge in [0, 0.05) is 5.69 Å². The number of halogens is 1.